The molecule has 2 unspecified atom stereocenters. The lowest BCUT2D eigenvalue weighted by Crippen LogP contribution is -2.57. The van der Waals surface area contributed by atoms with Gasteiger partial charge in [0.25, 0.3) is 0 Å². The van der Waals surface area contributed by atoms with E-state index in [2.05, 4.69) is 5.32 Å². The van der Waals surface area contributed by atoms with E-state index in [1.807, 2.05) is 20.8 Å². The first kappa shape index (κ1) is 21.1. The fourth-order valence-corrected chi connectivity index (χ4v) is 8.46. The number of anilines is 1. The van der Waals surface area contributed by atoms with Crippen LogP contribution in [0.5, 0.6) is 0 Å². The summed E-state index contributed by atoms with van der Waals surface area (Å²) in [6.45, 7) is 6.38. The summed E-state index contributed by atoms with van der Waals surface area (Å²) in [5.74, 6) is 1.09. The van der Waals surface area contributed by atoms with Crippen molar-refractivity contribution in [3.8, 4) is 0 Å². The van der Waals surface area contributed by atoms with Gasteiger partial charge in [-0.3, -0.25) is 4.79 Å². The number of benzene rings is 1. The number of sulfonamides is 1. The van der Waals surface area contributed by atoms with Crippen molar-refractivity contribution < 1.29 is 13.2 Å². The molecule has 1 N–H and O–H groups in total. The predicted molar refractivity (Wildman–Crippen MR) is 116 cm³/mol. The van der Waals surface area contributed by atoms with Gasteiger partial charge in [-0.2, -0.15) is 4.31 Å². The largest absolute Gasteiger partial charge is 0.325 e. The van der Waals surface area contributed by atoms with Crippen LogP contribution in [-0.4, -0.2) is 36.6 Å². The SMILES string of the molecule is CCN(CC)S(=O)(=O)c1ccc(C)c(NC(=O)C23CC4CC(CC(Cl)(C4)C2)C3)c1. The van der Waals surface area contributed by atoms with Crippen LogP contribution in [-0.2, 0) is 14.8 Å². The molecule has 4 saturated carbocycles. The highest BCUT2D eigenvalue weighted by Gasteiger charge is 2.60. The van der Waals surface area contributed by atoms with Gasteiger partial charge in [0.1, 0.15) is 0 Å². The number of halogens is 1. The lowest BCUT2D eigenvalue weighted by Gasteiger charge is -2.59. The van der Waals surface area contributed by atoms with E-state index in [0.717, 1.165) is 37.7 Å². The van der Waals surface area contributed by atoms with Crippen LogP contribution in [0.4, 0.5) is 5.69 Å². The summed E-state index contributed by atoms with van der Waals surface area (Å²) >= 11 is 6.89. The Morgan fingerprint density at radius 3 is 2.34 bits per heavy atom. The Labute approximate surface area is 179 Å². The Morgan fingerprint density at radius 1 is 1.17 bits per heavy atom. The molecular weight excluding hydrogens is 408 g/mol. The molecule has 1 aromatic rings. The zero-order valence-corrected chi connectivity index (χ0v) is 19.1. The highest BCUT2D eigenvalue weighted by molar-refractivity contribution is 7.89. The van der Waals surface area contributed by atoms with Crippen LogP contribution in [0, 0.1) is 24.2 Å². The highest BCUT2D eigenvalue weighted by atomic mass is 35.5. The van der Waals surface area contributed by atoms with Gasteiger partial charge in [0.2, 0.25) is 15.9 Å². The van der Waals surface area contributed by atoms with Gasteiger partial charge >= 0.3 is 0 Å². The minimum atomic E-state index is -3.57. The number of nitrogens with one attached hydrogen (secondary N) is 1. The fraction of sp³-hybridized carbons (Fsp3) is 0.682. The lowest BCUT2D eigenvalue weighted by molar-refractivity contribution is -0.138. The molecule has 29 heavy (non-hydrogen) atoms. The third-order valence-electron chi connectivity index (χ3n) is 7.27. The molecule has 4 fully saturated rings. The molecule has 0 aliphatic heterocycles. The molecule has 4 aliphatic carbocycles. The molecule has 0 radical (unpaired) electrons. The number of amides is 1. The second-order valence-electron chi connectivity index (χ2n) is 9.41. The molecule has 0 aromatic heterocycles. The molecule has 0 saturated heterocycles. The van der Waals surface area contributed by atoms with Crippen LogP contribution in [0.15, 0.2) is 23.1 Å². The van der Waals surface area contributed by atoms with E-state index < -0.39 is 15.4 Å². The molecule has 7 heteroatoms. The maximum Gasteiger partial charge on any atom is 0.243 e. The summed E-state index contributed by atoms with van der Waals surface area (Å²) in [5.41, 5.74) is 1.04. The summed E-state index contributed by atoms with van der Waals surface area (Å²) in [5, 5.41) is 3.09. The maximum absolute atomic E-state index is 13.4. The van der Waals surface area contributed by atoms with Crippen LogP contribution < -0.4 is 5.32 Å². The van der Waals surface area contributed by atoms with Gasteiger partial charge in [0.05, 0.1) is 10.3 Å². The second kappa shape index (κ2) is 7.24. The average Bonchev–Trinajstić information content (AvgIpc) is 2.62. The second-order valence-corrected chi connectivity index (χ2v) is 12.2. The van der Waals surface area contributed by atoms with E-state index in [1.54, 1.807) is 18.2 Å². The summed E-state index contributed by atoms with van der Waals surface area (Å²) in [4.78, 5) is 13.4. The van der Waals surface area contributed by atoms with Gasteiger partial charge in [0.15, 0.2) is 0 Å². The number of hydrogen-bond donors (Lipinski definition) is 1. The van der Waals surface area contributed by atoms with Gasteiger partial charge in [-0.1, -0.05) is 19.9 Å². The summed E-state index contributed by atoms with van der Waals surface area (Å²) in [7, 11) is -3.57. The zero-order chi connectivity index (χ0) is 21.0. The first-order chi connectivity index (χ1) is 13.6. The molecule has 1 aromatic carbocycles. The monoisotopic (exact) mass is 438 g/mol. The van der Waals surface area contributed by atoms with E-state index in [1.165, 1.54) is 10.7 Å². The summed E-state index contributed by atoms with van der Waals surface area (Å²) in [6.07, 6.45) is 5.78. The summed E-state index contributed by atoms with van der Waals surface area (Å²) < 4.78 is 27.2. The fourth-order valence-electron chi connectivity index (χ4n) is 6.28. The first-order valence-corrected chi connectivity index (χ1v) is 12.5. The molecule has 4 aliphatic rings. The normalized spacial score (nSPS) is 33.3. The number of hydrogen-bond acceptors (Lipinski definition) is 3. The number of carbonyl (C=O) groups is 1. The molecule has 0 spiro atoms. The van der Waals surface area contributed by atoms with Gasteiger partial charge in [0, 0.05) is 23.7 Å². The standard InChI is InChI=1S/C22H31ClN2O3S/c1-4-25(5-2)29(27,28)18-7-6-15(3)19(9-18)24-20(26)21-10-16-8-17(11-21)13-22(23,12-16)14-21/h6-7,9,16-17H,4-5,8,10-14H2,1-3H3,(H,24,26). The Balaban J connectivity index is 1.61. The molecule has 5 rings (SSSR count). The number of carbonyl (C=O) groups excluding carboxylic acids is 1. The van der Waals surface area contributed by atoms with Crippen molar-refractivity contribution in [2.75, 3.05) is 18.4 Å². The van der Waals surface area contributed by atoms with Crippen LogP contribution in [0.25, 0.3) is 0 Å². The van der Waals surface area contributed by atoms with Crippen molar-refractivity contribution in [1.29, 1.82) is 0 Å². The highest BCUT2D eigenvalue weighted by Crippen LogP contribution is 2.64. The molecule has 160 valence electrons. The minimum Gasteiger partial charge on any atom is -0.325 e. The minimum absolute atomic E-state index is 0.0112. The summed E-state index contributed by atoms with van der Waals surface area (Å²) in [6, 6.07) is 5.00. The van der Waals surface area contributed by atoms with E-state index in [4.69, 9.17) is 11.6 Å². The van der Waals surface area contributed by atoms with Gasteiger partial charge in [-0.15, -0.1) is 11.6 Å². The van der Waals surface area contributed by atoms with E-state index >= 15 is 0 Å². The Morgan fingerprint density at radius 2 is 1.79 bits per heavy atom. The molecule has 4 bridgehead atoms. The Hall–Kier alpha value is -1.11. The van der Waals surface area contributed by atoms with Crippen molar-refractivity contribution in [3.05, 3.63) is 23.8 Å². The van der Waals surface area contributed by atoms with Crippen molar-refractivity contribution in [3.63, 3.8) is 0 Å². The predicted octanol–water partition coefficient (Wildman–Crippen LogP) is 4.54. The third-order valence-corrected chi connectivity index (χ3v) is 9.76. The topological polar surface area (TPSA) is 66.5 Å². The van der Waals surface area contributed by atoms with Crippen molar-refractivity contribution >= 4 is 33.2 Å². The zero-order valence-electron chi connectivity index (χ0n) is 17.5. The molecular formula is C22H31ClN2O3S. The number of nitrogens with zero attached hydrogens (tertiary/aromatic N) is 1. The van der Waals surface area contributed by atoms with Gasteiger partial charge < -0.3 is 5.32 Å². The maximum atomic E-state index is 13.4. The lowest BCUT2D eigenvalue weighted by atomic mass is 9.49. The molecule has 2 atom stereocenters. The molecule has 0 heterocycles. The smallest absolute Gasteiger partial charge is 0.243 e. The van der Waals surface area contributed by atoms with E-state index in [-0.39, 0.29) is 15.7 Å². The van der Waals surface area contributed by atoms with Crippen molar-refractivity contribution in [2.45, 2.75) is 69.1 Å². The van der Waals surface area contributed by atoms with Crippen molar-refractivity contribution in [1.82, 2.24) is 4.31 Å². The quantitative estimate of drug-likeness (QED) is 0.663. The van der Waals surface area contributed by atoms with Crippen LogP contribution in [0.1, 0.15) is 57.9 Å². The van der Waals surface area contributed by atoms with Gasteiger partial charge in [-0.05, 0) is 75.0 Å². The van der Waals surface area contributed by atoms with E-state index in [9.17, 15) is 13.2 Å². The van der Waals surface area contributed by atoms with Crippen LogP contribution in [0.3, 0.4) is 0 Å². The molecule has 5 nitrogen and oxygen atoms in total. The third kappa shape index (κ3) is 3.61. The van der Waals surface area contributed by atoms with Crippen molar-refractivity contribution in [2.24, 2.45) is 17.3 Å². The Bertz CT molecular complexity index is 912. The molecule has 1 amide bonds. The number of aryl methyl sites for hydroxylation is 1. The Kier molecular flexibility index (Phi) is 5.28. The van der Waals surface area contributed by atoms with Crippen LogP contribution >= 0.6 is 11.6 Å². The van der Waals surface area contributed by atoms with Gasteiger partial charge in [-0.25, -0.2) is 8.42 Å². The van der Waals surface area contributed by atoms with E-state index in [0.29, 0.717) is 30.6 Å². The first-order valence-electron chi connectivity index (χ1n) is 10.7. The number of alkyl halides is 1. The average molecular weight is 439 g/mol. The number of rotatable bonds is 6. The van der Waals surface area contributed by atoms with Crippen LogP contribution in [0.2, 0.25) is 0 Å².